The maximum Gasteiger partial charge on any atom is 0.255 e. The summed E-state index contributed by atoms with van der Waals surface area (Å²) in [7, 11) is 0. The Bertz CT molecular complexity index is 1430. The summed E-state index contributed by atoms with van der Waals surface area (Å²) >= 11 is 0. The van der Waals surface area contributed by atoms with Gasteiger partial charge in [0.05, 0.1) is 29.4 Å². The van der Waals surface area contributed by atoms with Crippen LogP contribution >= 0.6 is 0 Å². The van der Waals surface area contributed by atoms with Gasteiger partial charge in [-0.1, -0.05) is 30.3 Å². The van der Waals surface area contributed by atoms with Crippen LogP contribution in [-0.2, 0) is 0 Å². The molecule has 1 amide bonds. The zero-order valence-electron chi connectivity index (χ0n) is 21.2. The third-order valence-electron chi connectivity index (χ3n) is 7.80. The summed E-state index contributed by atoms with van der Waals surface area (Å²) in [5.74, 6) is -1.03. The van der Waals surface area contributed by atoms with Crippen LogP contribution in [0.2, 0.25) is 0 Å². The van der Waals surface area contributed by atoms with Crippen molar-refractivity contribution in [2.24, 2.45) is 0 Å². The van der Waals surface area contributed by atoms with E-state index in [2.05, 4.69) is 20.2 Å². The van der Waals surface area contributed by atoms with Crippen molar-refractivity contribution in [3.63, 3.8) is 0 Å². The largest absolute Gasteiger partial charge is 0.364 e. The van der Waals surface area contributed by atoms with Crippen molar-refractivity contribution in [2.75, 3.05) is 31.1 Å². The van der Waals surface area contributed by atoms with E-state index < -0.39 is 11.6 Å². The van der Waals surface area contributed by atoms with Gasteiger partial charge in [-0.3, -0.25) is 4.79 Å². The number of hydrogen-bond acceptors (Lipinski definition) is 4. The molecule has 0 spiro atoms. The highest BCUT2D eigenvalue weighted by Crippen LogP contribution is 2.38. The lowest BCUT2D eigenvalue weighted by atomic mass is 10.0. The Hall–Kier alpha value is -3.78. The van der Waals surface area contributed by atoms with E-state index in [1.165, 1.54) is 25.0 Å². The lowest BCUT2D eigenvalue weighted by Crippen LogP contribution is -2.37. The second-order valence-electron chi connectivity index (χ2n) is 10.2. The molecule has 8 heteroatoms. The van der Waals surface area contributed by atoms with Crippen LogP contribution in [0, 0.1) is 11.6 Å². The van der Waals surface area contributed by atoms with Gasteiger partial charge >= 0.3 is 0 Å². The van der Waals surface area contributed by atoms with Crippen LogP contribution in [0.3, 0.4) is 0 Å². The molecule has 4 heterocycles. The molecule has 0 radical (unpaired) electrons. The molecule has 0 saturated carbocycles. The Labute approximate surface area is 220 Å². The molecule has 2 atom stereocenters. The zero-order valence-corrected chi connectivity index (χ0v) is 21.2. The molecular weight excluding hydrogens is 484 g/mol. The molecule has 4 aromatic rings. The molecule has 2 aliphatic heterocycles. The molecule has 2 saturated heterocycles. The molecule has 2 fully saturated rings. The van der Waals surface area contributed by atoms with Gasteiger partial charge in [-0.25, -0.2) is 13.3 Å². The average molecular weight is 516 g/mol. The van der Waals surface area contributed by atoms with E-state index in [4.69, 9.17) is 0 Å². The predicted molar refractivity (Wildman–Crippen MR) is 143 cm³/mol. The summed E-state index contributed by atoms with van der Waals surface area (Å²) in [4.78, 5) is 18.1. The lowest BCUT2D eigenvalue weighted by Gasteiger charge is -2.27. The number of benzene rings is 2. The molecule has 196 valence electrons. The summed E-state index contributed by atoms with van der Waals surface area (Å²) in [6, 6.07) is 17.1. The van der Waals surface area contributed by atoms with Gasteiger partial charge in [-0.05, 0) is 74.7 Å². The number of anilines is 1. The number of rotatable bonds is 7. The second kappa shape index (κ2) is 10.5. The standard InChI is InChI=1S/C30H31F2N5O/c31-22-10-11-26(32)24(17-22)28-9-6-15-36(28)23-12-16-37-29(18-23)25(19-33-37)30(38)34-27(20-35-13-4-5-14-35)21-7-2-1-3-8-21/h1-3,7-8,10-12,16-19,27-28H,4-6,9,13-15,20H2,(H,34,38). The first kappa shape index (κ1) is 24.6. The zero-order chi connectivity index (χ0) is 26.1. The molecule has 0 aliphatic carbocycles. The summed E-state index contributed by atoms with van der Waals surface area (Å²) in [5.41, 5.74) is 3.46. The topological polar surface area (TPSA) is 52.9 Å². The van der Waals surface area contributed by atoms with Gasteiger partial charge in [-0.15, -0.1) is 0 Å². The van der Waals surface area contributed by atoms with Crippen molar-refractivity contribution in [2.45, 2.75) is 37.8 Å². The van der Waals surface area contributed by atoms with Gasteiger partial charge in [0.1, 0.15) is 11.6 Å². The van der Waals surface area contributed by atoms with E-state index >= 15 is 0 Å². The third kappa shape index (κ3) is 4.88. The SMILES string of the molecule is O=C(NC(CN1CCCC1)c1ccccc1)c1cnn2ccc(N3CCCC3c3cc(F)ccc3F)cc12. The average Bonchev–Trinajstić information content (AvgIpc) is 3.71. The second-order valence-corrected chi connectivity index (χ2v) is 10.2. The normalized spacial score (nSPS) is 18.8. The van der Waals surface area contributed by atoms with Gasteiger partial charge in [0.25, 0.3) is 5.91 Å². The van der Waals surface area contributed by atoms with Crippen LogP contribution in [0.15, 0.2) is 73.1 Å². The summed E-state index contributed by atoms with van der Waals surface area (Å²) in [6.45, 7) is 3.57. The number of hydrogen-bond donors (Lipinski definition) is 1. The smallest absolute Gasteiger partial charge is 0.255 e. The van der Waals surface area contributed by atoms with Crippen LogP contribution < -0.4 is 10.2 Å². The first-order valence-electron chi connectivity index (χ1n) is 13.3. The molecule has 38 heavy (non-hydrogen) atoms. The summed E-state index contributed by atoms with van der Waals surface area (Å²) in [6.07, 6.45) is 7.38. The van der Waals surface area contributed by atoms with Crippen molar-refractivity contribution in [1.82, 2.24) is 19.8 Å². The number of pyridine rings is 1. The van der Waals surface area contributed by atoms with Gasteiger partial charge in [0.15, 0.2) is 0 Å². The third-order valence-corrected chi connectivity index (χ3v) is 7.80. The van der Waals surface area contributed by atoms with E-state index in [1.807, 2.05) is 48.7 Å². The van der Waals surface area contributed by atoms with Crippen molar-refractivity contribution >= 4 is 17.1 Å². The fraction of sp³-hybridized carbons (Fsp3) is 0.333. The lowest BCUT2D eigenvalue weighted by molar-refractivity contribution is 0.0929. The first-order chi connectivity index (χ1) is 18.6. The number of nitrogens with zero attached hydrogens (tertiary/aromatic N) is 4. The molecule has 1 N–H and O–H groups in total. The fourth-order valence-electron chi connectivity index (χ4n) is 5.87. The van der Waals surface area contributed by atoms with Gasteiger partial charge in [-0.2, -0.15) is 5.10 Å². The Morgan fingerprint density at radius 1 is 1.00 bits per heavy atom. The Kier molecular flexibility index (Phi) is 6.81. The number of likely N-dealkylation sites (tertiary alicyclic amines) is 1. The number of carbonyl (C=O) groups excluding carboxylic acids is 1. The van der Waals surface area contributed by atoms with Crippen molar-refractivity contribution in [3.05, 3.63) is 101 Å². The monoisotopic (exact) mass is 515 g/mol. The quantitative estimate of drug-likeness (QED) is 0.352. The van der Waals surface area contributed by atoms with Gasteiger partial charge in [0.2, 0.25) is 0 Å². The highest BCUT2D eigenvalue weighted by Gasteiger charge is 2.30. The Morgan fingerprint density at radius 2 is 1.82 bits per heavy atom. The van der Waals surface area contributed by atoms with Crippen LogP contribution in [-0.4, -0.2) is 46.6 Å². The highest BCUT2D eigenvalue weighted by molar-refractivity contribution is 6.01. The maximum absolute atomic E-state index is 14.6. The van der Waals surface area contributed by atoms with Gasteiger partial charge < -0.3 is 15.1 Å². The van der Waals surface area contributed by atoms with Crippen molar-refractivity contribution in [1.29, 1.82) is 0 Å². The predicted octanol–water partition coefficient (Wildman–Crippen LogP) is 5.52. The van der Waals surface area contributed by atoms with E-state index in [-0.39, 0.29) is 18.0 Å². The minimum atomic E-state index is -0.444. The van der Waals surface area contributed by atoms with Crippen molar-refractivity contribution in [3.8, 4) is 0 Å². The highest BCUT2D eigenvalue weighted by atomic mass is 19.1. The van der Waals surface area contributed by atoms with Crippen LogP contribution in [0.5, 0.6) is 0 Å². The number of amides is 1. The summed E-state index contributed by atoms with van der Waals surface area (Å²) in [5, 5.41) is 7.66. The van der Waals surface area contributed by atoms with Crippen LogP contribution in [0.25, 0.3) is 5.52 Å². The molecule has 0 bridgehead atoms. The van der Waals surface area contributed by atoms with E-state index in [9.17, 15) is 13.6 Å². The number of aromatic nitrogens is 2. The summed E-state index contributed by atoms with van der Waals surface area (Å²) < 4.78 is 30.3. The number of nitrogens with one attached hydrogen (secondary N) is 1. The Balaban J connectivity index is 1.28. The van der Waals surface area contributed by atoms with Gasteiger partial charge in [0, 0.05) is 30.5 Å². The molecular formula is C30H31F2N5O. The molecule has 2 aromatic heterocycles. The van der Waals surface area contributed by atoms with E-state index in [0.29, 0.717) is 16.6 Å². The van der Waals surface area contributed by atoms with Crippen molar-refractivity contribution < 1.29 is 13.6 Å². The maximum atomic E-state index is 14.6. The number of fused-ring (bicyclic) bond motifs is 1. The molecule has 2 aromatic carbocycles. The first-order valence-corrected chi connectivity index (χ1v) is 13.3. The number of carbonyl (C=O) groups is 1. The molecule has 6 nitrogen and oxygen atoms in total. The van der Waals surface area contributed by atoms with E-state index in [1.54, 1.807) is 10.7 Å². The van der Waals surface area contributed by atoms with Crippen LogP contribution in [0.1, 0.15) is 59.3 Å². The number of halogens is 2. The Morgan fingerprint density at radius 3 is 2.63 bits per heavy atom. The minimum absolute atomic E-state index is 0.140. The minimum Gasteiger partial charge on any atom is -0.364 e. The fourth-order valence-corrected chi connectivity index (χ4v) is 5.87. The van der Waals surface area contributed by atoms with Crippen LogP contribution in [0.4, 0.5) is 14.5 Å². The molecule has 6 rings (SSSR count). The van der Waals surface area contributed by atoms with E-state index in [0.717, 1.165) is 56.3 Å². The molecule has 2 aliphatic rings. The molecule has 2 unspecified atom stereocenters.